The summed E-state index contributed by atoms with van der Waals surface area (Å²) in [6, 6.07) is 4.83. The van der Waals surface area contributed by atoms with Crippen molar-refractivity contribution in [3.05, 3.63) is 38.8 Å². The topological polar surface area (TPSA) is 35.5 Å². The maximum Gasteiger partial charge on any atom is 0.342 e. The van der Waals surface area contributed by atoms with Crippen LogP contribution in [0.15, 0.2) is 18.2 Å². The highest BCUT2D eigenvalue weighted by molar-refractivity contribution is 6.44. The van der Waals surface area contributed by atoms with E-state index in [1.165, 1.54) is 6.07 Å². The monoisotopic (exact) mass is 346 g/mol. The average Bonchev–Trinajstić information content (AvgIpc) is 2.72. The van der Waals surface area contributed by atoms with Gasteiger partial charge in [0.2, 0.25) is 0 Å². The Balaban J connectivity index is 2.75. The quantitative estimate of drug-likeness (QED) is 0.701. The molecule has 0 fully saturated rings. The van der Waals surface area contributed by atoms with Crippen molar-refractivity contribution in [1.82, 2.24) is 0 Å². The molecule has 0 heterocycles. The molecule has 112 valence electrons. The minimum Gasteiger partial charge on any atom is -0.493 e. The standard InChI is InChI=1S/C15H13Cl3O3/c1-3-20-12-7-10-9(13(12)15(19)21-4-2)5-8(16)6-11(17)14(10)18/h5-7H,3-4H2,1-2H3. The number of esters is 1. The average molecular weight is 348 g/mol. The fourth-order valence-electron chi connectivity index (χ4n) is 2.06. The summed E-state index contributed by atoms with van der Waals surface area (Å²) in [4.78, 5) is 12.2. The molecule has 0 saturated carbocycles. The van der Waals surface area contributed by atoms with Crippen molar-refractivity contribution in [2.45, 2.75) is 13.8 Å². The highest BCUT2D eigenvalue weighted by atomic mass is 35.5. The zero-order valence-electron chi connectivity index (χ0n) is 11.5. The summed E-state index contributed by atoms with van der Waals surface area (Å²) < 4.78 is 10.6. The van der Waals surface area contributed by atoms with Crippen LogP contribution in [-0.2, 0) is 4.74 Å². The van der Waals surface area contributed by atoms with Crippen molar-refractivity contribution in [1.29, 1.82) is 0 Å². The molecule has 0 N–H and O–H groups in total. The van der Waals surface area contributed by atoms with E-state index in [0.717, 1.165) is 0 Å². The van der Waals surface area contributed by atoms with E-state index in [0.29, 0.717) is 44.1 Å². The third-order valence-electron chi connectivity index (χ3n) is 2.85. The van der Waals surface area contributed by atoms with E-state index in [-0.39, 0.29) is 6.61 Å². The highest BCUT2D eigenvalue weighted by Crippen LogP contribution is 2.44. The van der Waals surface area contributed by atoms with Gasteiger partial charge in [-0.2, -0.15) is 0 Å². The molecule has 2 aliphatic rings. The SMILES string of the molecule is CCOC(=O)c1c(OCC)cc2c(Cl)c(Cl)cc(Cl)cc1-2. The Morgan fingerprint density at radius 1 is 1.05 bits per heavy atom. The molecule has 0 aliphatic heterocycles. The zero-order chi connectivity index (χ0) is 15.6. The van der Waals surface area contributed by atoms with Gasteiger partial charge >= 0.3 is 5.97 Å². The Morgan fingerprint density at radius 3 is 2.38 bits per heavy atom. The first-order valence-electron chi connectivity index (χ1n) is 6.40. The fraction of sp³-hybridized carbons (Fsp3) is 0.267. The minimum absolute atomic E-state index is 0.262. The van der Waals surface area contributed by atoms with E-state index in [4.69, 9.17) is 44.3 Å². The van der Waals surface area contributed by atoms with Crippen LogP contribution in [-0.4, -0.2) is 19.2 Å². The summed E-state index contributed by atoms with van der Waals surface area (Å²) in [5.41, 5.74) is 1.46. The van der Waals surface area contributed by atoms with E-state index >= 15 is 0 Å². The van der Waals surface area contributed by atoms with E-state index in [1.54, 1.807) is 19.1 Å². The second kappa shape index (κ2) is 6.73. The van der Waals surface area contributed by atoms with Crippen LogP contribution < -0.4 is 4.74 Å². The van der Waals surface area contributed by atoms with Gasteiger partial charge in [-0.3, -0.25) is 0 Å². The van der Waals surface area contributed by atoms with Crippen molar-refractivity contribution in [2.24, 2.45) is 0 Å². The number of halogens is 3. The van der Waals surface area contributed by atoms with Crippen LogP contribution >= 0.6 is 34.8 Å². The summed E-state index contributed by atoms with van der Waals surface area (Å²) in [5, 5.41) is 0.992. The molecule has 2 rings (SSSR count). The molecule has 21 heavy (non-hydrogen) atoms. The van der Waals surface area contributed by atoms with Crippen LogP contribution in [0.1, 0.15) is 24.2 Å². The Kier molecular flexibility index (Phi) is 5.20. The van der Waals surface area contributed by atoms with Gasteiger partial charge in [-0.25, -0.2) is 4.79 Å². The van der Waals surface area contributed by atoms with Gasteiger partial charge in [0.25, 0.3) is 0 Å². The van der Waals surface area contributed by atoms with Crippen LogP contribution in [0.5, 0.6) is 5.75 Å². The minimum atomic E-state index is -0.481. The number of fused-ring (bicyclic) bond motifs is 1. The number of carbonyl (C=O) groups is 1. The predicted molar refractivity (Wildman–Crippen MR) is 85.2 cm³/mol. The van der Waals surface area contributed by atoms with E-state index in [2.05, 4.69) is 0 Å². The lowest BCUT2D eigenvalue weighted by Crippen LogP contribution is -2.06. The van der Waals surface area contributed by atoms with Crippen molar-refractivity contribution in [3.8, 4) is 16.9 Å². The zero-order valence-corrected chi connectivity index (χ0v) is 13.8. The number of hydrogen-bond acceptors (Lipinski definition) is 3. The summed E-state index contributed by atoms with van der Waals surface area (Å²) in [6.45, 7) is 4.24. The smallest absolute Gasteiger partial charge is 0.342 e. The summed E-state index contributed by atoms with van der Waals surface area (Å²) in [6.07, 6.45) is 0. The Morgan fingerprint density at radius 2 is 1.76 bits per heavy atom. The van der Waals surface area contributed by atoms with Gasteiger partial charge < -0.3 is 9.47 Å². The van der Waals surface area contributed by atoms with Gasteiger partial charge in [-0.15, -0.1) is 0 Å². The van der Waals surface area contributed by atoms with Gasteiger partial charge in [0.15, 0.2) is 0 Å². The van der Waals surface area contributed by atoms with E-state index in [1.807, 2.05) is 6.92 Å². The summed E-state index contributed by atoms with van der Waals surface area (Å²) in [7, 11) is 0. The maximum absolute atomic E-state index is 12.2. The molecule has 0 radical (unpaired) electrons. The van der Waals surface area contributed by atoms with Crippen LogP contribution in [0.4, 0.5) is 0 Å². The van der Waals surface area contributed by atoms with Gasteiger partial charge in [0.1, 0.15) is 11.3 Å². The van der Waals surface area contributed by atoms with Gasteiger partial charge in [-0.1, -0.05) is 34.8 Å². The lowest BCUT2D eigenvalue weighted by Gasteiger charge is -2.06. The predicted octanol–water partition coefficient (Wildman–Crippen LogP) is 5.33. The number of carbonyl (C=O) groups excluding carboxylic acids is 1. The molecule has 0 amide bonds. The first-order chi connectivity index (χ1) is 9.99. The van der Waals surface area contributed by atoms with Gasteiger partial charge in [-0.05, 0) is 32.0 Å². The molecule has 0 atom stereocenters. The van der Waals surface area contributed by atoms with E-state index in [9.17, 15) is 4.79 Å². The second-order valence-electron chi connectivity index (χ2n) is 4.20. The molecule has 6 heteroatoms. The molecule has 0 aromatic rings. The van der Waals surface area contributed by atoms with Gasteiger partial charge in [0, 0.05) is 16.1 Å². The van der Waals surface area contributed by atoms with Crippen LogP contribution in [0.25, 0.3) is 11.1 Å². The third-order valence-corrected chi connectivity index (χ3v) is 3.87. The first-order valence-corrected chi connectivity index (χ1v) is 7.54. The fourth-order valence-corrected chi connectivity index (χ4v) is 2.76. The molecule has 0 spiro atoms. The molecular formula is C15H13Cl3O3. The summed E-state index contributed by atoms with van der Waals surface area (Å²) in [5.74, 6) is -0.0726. The number of ether oxygens (including phenoxy) is 2. The lowest BCUT2D eigenvalue weighted by atomic mass is 10.1. The molecular weight excluding hydrogens is 335 g/mol. The molecule has 0 bridgehead atoms. The maximum atomic E-state index is 12.2. The van der Waals surface area contributed by atoms with Crippen LogP contribution in [0, 0.1) is 0 Å². The Bertz CT molecular complexity index is 655. The van der Waals surface area contributed by atoms with E-state index < -0.39 is 5.97 Å². The number of rotatable bonds is 4. The van der Waals surface area contributed by atoms with Crippen molar-refractivity contribution in [2.75, 3.05) is 13.2 Å². The van der Waals surface area contributed by atoms with Crippen LogP contribution in [0.2, 0.25) is 15.1 Å². The molecule has 0 aromatic carbocycles. The lowest BCUT2D eigenvalue weighted by molar-refractivity contribution is 0.0523. The van der Waals surface area contributed by atoms with Crippen molar-refractivity contribution >= 4 is 40.8 Å². The molecule has 3 nitrogen and oxygen atoms in total. The molecule has 0 saturated heterocycles. The molecule has 0 unspecified atom stereocenters. The Labute approximate surface area is 138 Å². The summed E-state index contributed by atoms with van der Waals surface area (Å²) >= 11 is 18.4. The largest absolute Gasteiger partial charge is 0.493 e. The first kappa shape index (κ1) is 16.2. The van der Waals surface area contributed by atoms with Crippen molar-refractivity contribution < 1.29 is 14.3 Å². The van der Waals surface area contributed by atoms with Crippen LogP contribution in [0.3, 0.4) is 0 Å². The van der Waals surface area contributed by atoms with Gasteiger partial charge in [0.05, 0.1) is 23.3 Å². The second-order valence-corrected chi connectivity index (χ2v) is 5.42. The number of hydrogen-bond donors (Lipinski definition) is 0. The Hall–Kier alpha value is -1.16. The highest BCUT2D eigenvalue weighted by Gasteiger charge is 2.26. The normalized spacial score (nSPS) is 10.7. The third kappa shape index (κ3) is 3.20. The molecule has 0 aromatic heterocycles. The molecule has 2 aliphatic carbocycles. The van der Waals surface area contributed by atoms with Crippen molar-refractivity contribution in [3.63, 3.8) is 0 Å².